The zero-order valence-electron chi connectivity index (χ0n) is 18.7. The lowest BCUT2D eigenvalue weighted by molar-refractivity contribution is -0.384. The largest absolute Gasteiger partial charge is 0.490 e. The van der Waals surface area contributed by atoms with Crippen LogP contribution in [0.15, 0.2) is 73.3 Å². The van der Waals surface area contributed by atoms with Crippen LogP contribution in [-0.4, -0.2) is 11.5 Å². The lowest BCUT2D eigenvalue weighted by atomic mass is 10.0. The molecule has 3 aromatic rings. The maximum absolute atomic E-state index is 14.2. The molecule has 0 fully saturated rings. The van der Waals surface area contributed by atoms with Crippen LogP contribution in [0.2, 0.25) is 0 Å². The SMILES string of the molecule is C=CCc1cc(C=C(C#N)c2ccccc2F)cc(OCC)c1OCc1ccc([N+](=O)[O-])cc1. The van der Waals surface area contributed by atoms with Crippen molar-refractivity contribution in [2.75, 3.05) is 6.61 Å². The van der Waals surface area contributed by atoms with Gasteiger partial charge in [0.1, 0.15) is 12.4 Å². The van der Waals surface area contributed by atoms with E-state index in [4.69, 9.17) is 9.47 Å². The van der Waals surface area contributed by atoms with E-state index in [2.05, 4.69) is 12.6 Å². The highest BCUT2D eigenvalue weighted by Crippen LogP contribution is 2.36. The number of hydrogen-bond donors (Lipinski definition) is 0. The summed E-state index contributed by atoms with van der Waals surface area (Å²) in [6.45, 7) is 6.21. The van der Waals surface area contributed by atoms with E-state index in [-0.39, 0.29) is 23.4 Å². The van der Waals surface area contributed by atoms with E-state index in [0.717, 1.165) is 11.1 Å². The number of nitriles is 1. The van der Waals surface area contributed by atoms with Crippen LogP contribution in [0, 0.1) is 27.3 Å². The monoisotopic (exact) mass is 458 g/mol. The Morgan fingerprint density at radius 2 is 1.91 bits per heavy atom. The van der Waals surface area contributed by atoms with Gasteiger partial charge in [-0.05, 0) is 60.9 Å². The van der Waals surface area contributed by atoms with Crippen LogP contribution >= 0.6 is 0 Å². The van der Waals surface area contributed by atoms with Gasteiger partial charge in [0.05, 0.1) is 23.2 Å². The molecule has 0 unspecified atom stereocenters. The Kier molecular flexibility index (Phi) is 8.14. The van der Waals surface area contributed by atoms with Crippen LogP contribution in [0.25, 0.3) is 11.6 Å². The van der Waals surface area contributed by atoms with E-state index in [1.807, 2.05) is 13.0 Å². The summed E-state index contributed by atoms with van der Waals surface area (Å²) >= 11 is 0. The number of hydrogen-bond acceptors (Lipinski definition) is 5. The second kappa shape index (κ2) is 11.4. The quantitative estimate of drug-likeness (QED) is 0.114. The third-order valence-corrected chi connectivity index (χ3v) is 4.94. The summed E-state index contributed by atoms with van der Waals surface area (Å²) in [6.07, 6.45) is 3.80. The third kappa shape index (κ3) is 5.87. The van der Waals surface area contributed by atoms with E-state index in [1.54, 1.807) is 48.6 Å². The van der Waals surface area contributed by atoms with Gasteiger partial charge >= 0.3 is 0 Å². The maximum Gasteiger partial charge on any atom is 0.269 e. The van der Waals surface area contributed by atoms with Gasteiger partial charge in [0.15, 0.2) is 11.5 Å². The number of nitrogens with zero attached hydrogens (tertiary/aromatic N) is 2. The highest BCUT2D eigenvalue weighted by molar-refractivity contribution is 5.90. The van der Waals surface area contributed by atoms with Crippen LogP contribution < -0.4 is 9.47 Å². The van der Waals surface area contributed by atoms with E-state index >= 15 is 0 Å². The van der Waals surface area contributed by atoms with Gasteiger partial charge in [0, 0.05) is 23.3 Å². The summed E-state index contributed by atoms with van der Waals surface area (Å²) in [5.41, 5.74) is 2.59. The van der Waals surface area contributed by atoms with E-state index in [1.165, 1.54) is 18.2 Å². The molecule has 3 rings (SSSR count). The van der Waals surface area contributed by atoms with Crippen molar-refractivity contribution in [3.63, 3.8) is 0 Å². The molecule has 0 radical (unpaired) electrons. The molecule has 0 heterocycles. The van der Waals surface area contributed by atoms with Gasteiger partial charge in [0.25, 0.3) is 5.69 Å². The Labute approximate surface area is 197 Å². The second-order valence-electron chi connectivity index (χ2n) is 7.29. The van der Waals surface area contributed by atoms with Crippen molar-refractivity contribution in [1.82, 2.24) is 0 Å². The molecule has 0 spiro atoms. The zero-order valence-corrected chi connectivity index (χ0v) is 18.7. The van der Waals surface area contributed by atoms with Crippen LogP contribution in [0.4, 0.5) is 10.1 Å². The Hall–Kier alpha value is -4.44. The van der Waals surface area contributed by atoms with Crippen LogP contribution in [0.5, 0.6) is 11.5 Å². The predicted molar refractivity (Wildman–Crippen MR) is 129 cm³/mol. The van der Waals surface area contributed by atoms with Gasteiger partial charge in [-0.25, -0.2) is 4.39 Å². The molecule has 34 heavy (non-hydrogen) atoms. The number of benzene rings is 3. The van der Waals surface area contributed by atoms with Crippen molar-refractivity contribution in [3.05, 3.63) is 112 Å². The Bertz CT molecular complexity index is 1260. The third-order valence-electron chi connectivity index (χ3n) is 4.94. The topological polar surface area (TPSA) is 85.4 Å². The molecule has 0 aliphatic carbocycles. The summed E-state index contributed by atoms with van der Waals surface area (Å²) < 4.78 is 26.1. The first kappa shape index (κ1) is 24.2. The minimum Gasteiger partial charge on any atom is -0.490 e. The number of ether oxygens (including phenoxy) is 2. The standard InChI is InChI=1S/C27H23FN2O4/c1-3-7-21-14-20(15-22(17-29)24-8-5-6-9-25(24)28)16-26(33-4-2)27(21)34-18-19-10-12-23(13-11-19)30(31)32/h3,5-6,8-16H,1,4,7,18H2,2H3. The van der Waals surface area contributed by atoms with Gasteiger partial charge < -0.3 is 9.47 Å². The molecule has 0 aromatic heterocycles. The molecule has 172 valence electrons. The minimum atomic E-state index is -0.477. The van der Waals surface area contributed by atoms with E-state index in [0.29, 0.717) is 30.1 Å². The lowest BCUT2D eigenvalue weighted by Crippen LogP contribution is -2.03. The average molecular weight is 458 g/mol. The lowest BCUT2D eigenvalue weighted by Gasteiger charge is -2.17. The van der Waals surface area contributed by atoms with Crippen molar-refractivity contribution in [2.24, 2.45) is 0 Å². The molecule has 0 saturated heterocycles. The van der Waals surface area contributed by atoms with Gasteiger partial charge in [-0.3, -0.25) is 10.1 Å². The first-order chi connectivity index (χ1) is 16.5. The van der Waals surface area contributed by atoms with Crippen molar-refractivity contribution < 1.29 is 18.8 Å². The normalized spacial score (nSPS) is 10.9. The maximum atomic E-state index is 14.2. The van der Waals surface area contributed by atoms with E-state index in [9.17, 15) is 19.8 Å². The van der Waals surface area contributed by atoms with Crippen LogP contribution in [0.3, 0.4) is 0 Å². The van der Waals surface area contributed by atoms with Gasteiger partial charge in [-0.2, -0.15) is 5.26 Å². The van der Waals surface area contributed by atoms with Gasteiger partial charge in [-0.1, -0.05) is 24.3 Å². The molecule has 0 atom stereocenters. The number of nitro benzene ring substituents is 1. The van der Waals surface area contributed by atoms with Gasteiger partial charge in [0.2, 0.25) is 0 Å². The summed E-state index contributed by atoms with van der Waals surface area (Å²) in [5.74, 6) is 0.511. The molecular weight excluding hydrogens is 435 g/mol. The molecule has 0 bridgehead atoms. The summed E-state index contributed by atoms with van der Waals surface area (Å²) in [7, 11) is 0. The highest BCUT2D eigenvalue weighted by atomic mass is 19.1. The van der Waals surface area contributed by atoms with E-state index < -0.39 is 10.7 Å². The molecule has 7 heteroatoms. The van der Waals surface area contributed by atoms with Crippen LogP contribution in [0.1, 0.15) is 29.2 Å². The summed E-state index contributed by atoms with van der Waals surface area (Å²) in [5, 5.41) is 20.5. The number of halogens is 1. The predicted octanol–water partition coefficient (Wildman–Crippen LogP) is 6.50. The number of rotatable bonds is 10. The molecular formula is C27H23FN2O4. The molecule has 0 N–H and O–H groups in total. The fourth-order valence-corrected chi connectivity index (χ4v) is 3.39. The Morgan fingerprint density at radius 1 is 1.18 bits per heavy atom. The van der Waals surface area contributed by atoms with Crippen LogP contribution in [-0.2, 0) is 13.0 Å². The second-order valence-corrected chi connectivity index (χ2v) is 7.29. The molecule has 3 aromatic carbocycles. The molecule has 6 nitrogen and oxygen atoms in total. The smallest absolute Gasteiger partial charge is 0.269 e. The Morgan fingerprint density at radius 3 is 2.53 bits per heavy atom. The van der Waals surface area contributed by atoms with Crippen molar-refractivity contribution >= 4 is 17.3 Å². The molecule has 0 saturated carbocycles. The highest BCUT2D eigenvalue weighted by Gasteiger charge is 2.15. The first-order valence-corrected chi connectivity index (χ1v) is 10.6. The first-order valence-electron chi connectivity index (χ1n) is 10.6. The fraction of sp³-hybridized carbons (Fsp3) is 0.148. The summed E-state index contributed by atoms with van der Waals surface area (Å²) in [4.78, 5) is 10.4. The number of nitro groups is 1. The van der Waals surface area contributed by atoms with Crippen molar-refractivity contribution in [3.8, 4) is 17.6 Å². The number of non-ortho nitro benzene ring substituents is 1. The summed E-state index contributed by atoms with van der Waals surface area (Å²) in [6, 6.07) is 17.9. The minimum absolute atomic E-state index is 0.00499. The van der Waals surface area contributed by atoms with Crippen molar-refractivity contribution in [1.29, 1.82) is 5.26 Å². The number of allylic oxidation sites excluding steroid dienone is 2. The molecule has 0 aliphatic rings. The fourth-order valence-electron chi connectivity index (χ4n) is 3.39. The molecule has 0 aliphatic heterocycles. The Balaban J connectivity index is 1.98. The average Bonchev–Trinajstić information content (AvgIpc) is 2.83. The van der Waals surface area contributed by atoms with Gasteiger partial charge in [-0.15, -0.1) is 6.58 Å². The molecule has 0 amide bonds. The zero-order chi connectivity index (χ0) is 24.5. The van der Waals surface area contributed by atoms with Crippen molar-refractivity contribution in [2.45, 2.75) is 20.0 Å².